The Kier molecular flexibility index (Phi) is 8.22. The second kappa shape index (κ2) is 11.1. The van der Waals surface area contributed by atoms with Crippen LogP contribution in [0.2, 0.25) is 10.0 Å². The molecule has 9 heteroatoms. The van der Waals surface area contributed by atoms with Gasteiger partial charge in [0.2, 0.25) is 0 Å². The van der Waals surface area contributed by atoms with Crippen molar-refractivity contribution in [3.63, 3.8) is 0 Å². The van der Waals surface area contributed by atoms with Crippen LogP contribution in [0.15, 0.2) is 70.0 Å². The zero-order valence-corrected chi connectivity index (χ0v) is 22.6. The smallest absolute Gasteiger partial charge is 0.266 e. The van der Waals surface area contributed by atoms with Crippen molar-refractivity contribution >= 4 is 79.4 Å². The molecule has 1 aliphatic rings. The monoisotopic (exact) mass is 593 g/mol. The van der Waals surface area contributed by atoms with Crippen molar-refractivity contribution in [2.24, 2.45) is 0 Å². The molecule has 1 heterocycles. The summed E-state index contributed by atoms with van der Waals surface area (Å²) in [5, 5.41) is 1.13. The largest absolute Gasteiger partial charge is 0.497 e. The molecule has 174 valence electrons. The number of ether oxygens (including phenoxy) is 2. The highest BCUT2D eigenvalue weighted by Crippen LogP contribution is 2.35. The number of amides is 1. The summed E-state index contributed by atoms with van der Waals surface area (Å²) in [5.74, 6) is 1.32. The number of hydrogen-bond acceptors (Lipinski definition) is 5. The zero-order valence-electron chi connectivity index (χ0n) is 17.9. The lowest BCUT2D eigenvalue weighted by atomic mass is 10.2. The van der Waals surface area contributed by atoms with E-state index in [-0.39, 0.29) is 5.91 Å². The lowest BCUT2D eigenvalue weighted by Crippen LogP contribution is -2.27. The number of hydrogen-bond donors (Lipinski definition) is 0. The number of methoxy groups -OCH3 is 1. The summed E-state index contributed by atoms with van der Waals surface area (Å²) in [7, 11) is 1.62. The number of thiocarbonyl (C=S) groups is 1. The summed E-state index contributed by atoms with van der Waals surface area (Å²) in [6, 6.07) is 18.5. The van der Waals surface area contributed by atoms with E-state index in [1.807, 2.05) is 54.6 Å². The lowest BCUT2D eigenvalue weighted by Gasteiger charge is -2.14. The number of carbonyl (C=O) groups is 1. The molecule has 0 saturated carbocycles. The SMILES string of the molecule is COc1ccc(CN2C(=O)/C(=C/c3ccc(OCc4ccc(Cl)cc4Cl)c(Br)c3)SC2=S)cc1. The summed E-state index contributed by atoms with van der Waals surface area (Å²) in [6.07, 6.45) is 1.83. The second-order valence-electron chi connectivity index (χ2n) is 7.33. The standard InChI is InChI=1S/C25H18BrCl2NO3S2/c1-31-19-7-2-15(3-8-19)13-29-24(30)23(34-25(29)33)11-16-4-9-22(20(26)10-16)32-14-17-5-6-18(27)12-21(17)28/h2-12H,13-14H2,1H3/b23-11-. The summed E-state index contributed by atoms with van der Waals surface area (Å²) >= 11 is 22.5. The molecule has 1 amide bonds. The summed E-state index contributed by atoms with van der Waals surface area (Å²) < 4.78 is 12.4. The van der Waals surface area contributed by atoms with E-state index < -0.39 is 0 Å². The van der Waals surface area contributed by atoms with Crippen molar-refractivity contribution < 1.29 is 14.3 Å². The van der Waals surface area contributed by atoms with Gasteiger partial charge < -0.3 is 9.47 Å². The number of carbonyl (C=O) groups excluding carboxylic acids is 1. The van der Waals surface area contributed by atoms with Crippen LogP contribution < -0.4 is 9.47 Å². The summed E-state index contributed by atoms with van der Waals surface area (Å²) in [6.45, 7) is 0.716. The topological polar surface area (TPSA) is 38.8 Å². The average molecular weight is 595 g/mol. The van der Waals surface area contributed by atoms with Gasteiger partial charge in [-0.15, -0.1) is 0 Å². The summed E-state index contributed by atoms with van der Waals surface area (Å²) in [4.78, 5) is 15.2. The Bertz CT molecular complexity index is 1280. The first-order chi connectivity index (χ1) is 16.3. The fourth-order valence-electron chi connectivity index (χ4n) is 3.22. The van der Waals surface area contributed by atoms with Crippen molar-refractivity contribution in [3.05, 3.63) is 96.8 Å². The Morgan fingerprint density at radius 2 is 1.85 bits per heavy atom. The third-order valence-electron chi connectivity index (χ3n) is 5.03. The van der Waals surface area contributed by atoms with Gasteiger partial charge in [0.15, 0.2) is 0 Å². The Hall–Kier alpha value is -2.03. The van der Waals surface area contributed by atoms with Crippen LogP contribution in [-0.4, -0.2) is 22.2 Å². The molecular weight excluding hydrogens is 577 g/mol. The average Bonchev–Trinajstić information content (AvgIpc) is 3.07. The van der Waals surface area contributed by atoms with Gasteiger partial charge >= 0.3 is 0 Å². The molecule has 1 fully saturated rings. The first-order valence-corrected chi connectivity index (χ1v) is 12.9. The molecule has 0 spiro atoms. The minimum atomic E-state index is -0.111. The zero-order chi connectivity index (χ0) is 24.2. The summed E-state index contributed by atoms with van der Waals surface area (Å²) in [5.41, 5.74) is 2.67. The molecule has 0 aromatic heterocycles. The van der Waals surface area contributed by atoms with E-state index in [4.69, 9.17) is 44.9 Å². The number of thioether (sulfide) groups is 1. The number of benzene rings is 3. The van der Waals surface area contributed by atoms with E-state index in [0.717, 1.165) is 26.9 Å². The highest BCUT2D eigenvalue weighted by molar-refractivity contribution is 9.10. The van der Waals surface area contributed by atoms with E-state index in [9.17, 15) is 4.79 Å². The third kappa shape index (κ3) is 5.96. The molecule has 0 bridgehead atoms. The predicted octanol–water partition coefficient (Wildman–Crippen LogP) is 7.74. The Labute approximate surface area is 226 Å². The quantitative estimate of drug-likeness (QED) is 0.207. The van der Waals surface area contributed by atoms with Gasteiger partial charge in [0.05, 0.1) is 23.0 Å². The molecule has 0 atom stereocenters. The normalized spacial score (nSPS) is 14.7. The lowest BCUT2D eigenvalue weighted by molar-refractivity contribution is -0.122. The van der Waals surface area contributed by atoms with Gasteiger partial charge in [-0.3, -0.25) is 9.69 Å². The molecule has 3 aromatic rings. The third-order valence-corrected chi connectivity index (χ3v) is 7.61. The van der Waals surface area contributed by atoms with Crippen LogP contribution in [0, 0.1) is 0 Å². The number of nitrogens with zero attached hydrogens (tertiary/aromatic N) is 1. The Morgan fingerprint density at radius 1 is 1.09 bits per heavy atom. The van der Waals surface area contributed by atoms with Gasteiger partial charge in [0.1, 0.15) is 22.4 Å². The van der Waals surface area contributed by atoms with Crippen LogP contribution in [0.4, 0.5) is 0 Å². The maximum Gasteiger partial charge on any atom is 0.266 e. The minimum absolute atomic E-state index is 0.111. The molecule has 34 heavy (non-hydrogen) atoms. The van der Waals surface area contributed by atoms with Gasteiger partial charge in [0.25, 0.3) is 5.91 Å². The highest BCUT2D eigenvalue weighted by atomic mass is 79.9. The number of halogens is 3. The highest BCUT2D eigenvalue weighted by Gasteiger charge is 2.32. The number of rotatable bonds is 7. The van der Waals surface area contributed by atoms with Gasteiger partial charge in [-0.2, -0.15) is 0 Å². The fourth-order valence-corrected chi connectivity index (χ4v) is 5.45. The minimum Gasteiger partial charge on any atom is -0.497 e. The van der Waals surface area contributed by atoms with Crippen LogP contribution in [0.25, 0.3) is 6.08 Å². The predicted molar refractivity (Wildman–Crippen MR) is 147 cm³/mol. The molecule has 4 rings (SSSR count). The Morgan fingerprint density at radius 3 is 2.53 bits per heavy atom. The molecule has 0 unspecified atom stereocenters. The fraction of sp³-hybridized carbons (Fsp3) is 0.120. The Balaban J connectivity index is 1.44. The van der Waals surface area contributed by atoms with Crippen LogP contribution in [0.1, 0.15) is 16.7 Å². The molecular formula is C25H18BrCl2NO3S2. The van der Waals surface area contributed by atoms with Gasteiger partial charge in [-0.25, -0.2) is 0 Å². The van der Waals surface area contributed by atoms with E-state index in [0.29, 0.717) is 38.2 Å². The maximum atomic E-state index is 13.0. The van der Waals surface area contributed by atoms with Crippen molar-refractivity contribution in [2.75, 3.05) is 7.11 Å². The molecule has 1 aliphatic heterocycles. The van der Waals surface area contributed by atoms with Crippen LogP contribution in [0.5, 0.6) is 11.5 Å². The van der Waals surface area contributed by atoms with Crippen LogP contribution in [0.3, 0.4) is 0 Å². The molecule has 3 aromatic carbocycles. The molecule has 1 saturated heterocycles. The van der Waals surface area contributed by atoms with Crippen molar-refractivity contribution in [1.29, 1.82) is 0 Å². The van der Waals surface area contributed by atoms with Crippen molar-refractivity contribution in [3.8, 4) is 11.5 Å². The van der Waals surface area contributed by atoms with E-state index in [1.165, 1.54) is 11.8 Å². The molecule has 0 aliphatic carbocycles. The van der Waals surface area contributed by atoms with Gasteiger partial charge in [-0.05, 0) is 69.5 Å². The van der Waals surface area contributed by atoms with E-state index in [1.54, 1.807) is 24.1 Å². The molecule has 4 nitrogen and oxygen atoms in total. The second-order valence-corrected chi connectivity index (χ2v) is 10.7. The van der Waals surface area contributed by atoms with Gasteiger partial charge in [-0.1, -0.05) is 71.4 Å². The first kappa shape index (κ1) is 25.1. The van der Waals surface area contributed by atoms with E-state index in [2.05, 4.69) is 15.9 Å². The molecule has 0 radical (unpaired) electrons. The van der Waals surface area contributed by atoms with E-state index >= 15 is 0 Å². The van der Waals surface area contributed by atoms with Crippen LogP contribution in [-0.2, 0) is 17.9 Å². The maximum absolute atomic E-state index is 13.0. The van der Waals surface area contributed by atoms with Crippen LogP contribution >= 0.6 is 63.1 Å². The molecule has 0 N–H and O–H groups in total. The first-order valence-electron chi connectivity index (χ1n) is 10.1. The van der Waals surface area contributed by atoms with Crippen molar-refractivity contribution in [2.45, 2.75) is 13.2 Å². The van der Waals surface area contributed by atoms with Gasteiger partial charge in [0, 0.05) is 15.6 Å². The van der Waals surface area contributed by atoms with Crippen molar-refractivity contribution in [1.82, 2.24) is 4.90 Å².